The molecule has 2 unspecified atom stereocenters. The molecule has 84 valence electrons. The molecule has 1 aliphatic heterocycles. The van der Waals surface area contributed by atoms with Crippen molar-refractivity contribution in [3.63, 3.8) is 0 Å². The van der Waals surface area contributed by atoms with Gasteiger partial charge in [-0.1, -0.05) is 13.3 Å². The minimum absolute atomic E-state index is 0.0275. The van der Waals surface area contributed by atoms with Gasteiger partial charge in [-0.25, -0.2) is 0 Å². The average molecular weight is 210 g/mol. The molecule has 0 radical (unpaired) electrons. The van der Waals surface area contributed by atoms with Crippen LogP contribution in [0, 0.1) is 11.8 Å². The van der Waals surface area contributed by atoms with E-state index in [9.17, 15) is 9.59 Å². The maximum absolute atomic E-state index is 12.1. The molecule has 2 rings (SSSR count). The van der Waals surface area contributed by atoms with Gasteiger partial charge in [0.2, 0.25) is 11.8 Å². The van der Waals surface area contributed by atoms with Gasteiger partial charge in [-0.3, -0.25) is 9.59 Å². The van der Waals surface area contributed by atoms with Gasteiger partial charge < -0.3 is 10.2 Å². The number of carbonyl (C=O) groups is 2. The van der Waals surface area contributed by atoms with Crippen LogP contribution in [0.5, 0.6) is 0 Å². The van der Waals surface area contributed by atoms with E-state index < -0.39 is 0 Å². The zero-order valence-corrected chi connectivity index (χ0v) is 9.16. The van der Waals surface area contributed by atoms with Crippen molar-refractivity contribution in [3.05, 3.63) is 0 Å². The van der Waals surface area contributed by atoms with E-state index in [1.54, 1.807) is 4.90 Å². The van der Waals surface area contributed by atoms with Gasteiger partial charge in [-0.2, -0.15) is 0 Å². The molecule has 15 heavy (non-hydrogen) atoms. The van der Waals surface area contributed by atoms with Crippen molar-refractivity contribution in [2.75, 3.05) is 19.6 Å². The van der Waals surface area contributed by atoms with Crippen LogP contribution >= 0.6 is 0 Å². The summed E-state index contributed by atoms with van der Waals surface area (Å²) in [7, 11) is 0. The smallest absolute Gasteiger partial charge is 0.239 e. The maximum atomic E-state index is 12.1. The van der Waals surface area contributed by atoms with E-state index in [-0.39, 0.29) is 24.3 Å². The summed E-state index contributed by atoms with van der Waals surface area (Å²) >= 11 is 0. The summed E-state index contributed by atoms with van der Waals surface area (Å²) in [4.78, 5) is 25.0. The number of hydrogen-bond donors (Lipinski definition) is 1. The van der Waals surface area contributed by atoms with Crippen LogP contribution in [0.4, 0.5) is 0 Å². The molecule has 0 aromatic heterocycles. The first-order valence-electron chi connectivity index (χ1n) is 5.74. The summed E-state index contributed by atoms with van der Waals surface area (Å²) < 4.78 is 0. The lowest BCUT2D eigenvalue weighted by Crippen LogP contribution is -2.51. The van der Waals surface area contributed by atoms with E-state index in [0.29, 0.717) is 19.0 Å². The summed E-state index contributed by atoms with van der Waals surface area (Å²) in [6.07, 6.45) is 3.30. The largest absolute Gasteiger partial charge is 0.353 e. The lowest BCUT2D eigenvalue weighted by molar-refractivity contribution is -0.142. The number of carbonyl (C=O) groups excluding carboxylic acids is 2. The number of rotatable bonds is 1. The SMILES string of the molecule is CC1CCCC1C(=O)N1CCNC(=O)C1. The molecule has 2 aliphatic rings. The van der Waals surface area contributed by atoms with Gasteiger partial charge in [-0.15, -0.1) is 0 Å². The third kappa shape index (κ3) is 2.13. The van der Waals surface area contributed by atoms with Gasteiger partial charge in [0, 0.05) is 19.0 Å². The van der Waals surface area contributed by atoms with Crippen LogP contribution in [0.25, 0.3) is 0 Å². The van der Waals surface area contributed by atoms with Crippen LogP contribution < -0.4 is 5.32 Å². The van der Waals surface area contributed by atoms with Crippen LogP contribution in [-0.4, -0.2) is 36.3 Å². The fourth-order valence-electron chi connectivity index (χ4n) is 2.57. The third-order valence-corrected chi connectivity index (χ3v) is 3.53. The molecule has 0 bridgehead atoms. The second kappa shape index (κ2) is 4.21. The molecule has 0 aromatic carbocycles. The van der Waals surface area contributed by atoms with Gasteiger partial charge in [0.05, 0.1) is 6.54 Å². The van der Waals surface area contributed by atoms with Gasteiger partial charge >= 0.3 is 0 Å². The van der Waals surface area contributed by atoms with E-state index >= 15 is 0 Å². The normalized spacial score (nSPS) is 31.5. The second-order valence-corrected chi connectivity index (χ2v) is 4.62. The number of nitrogens with zero attached hydrogens (tertiary/aromatic N) is 1. The molecule has 2 atom stereocenters. The lowest BCUT2D eigenvalue weighted by atomic mass is 9.96. The molecule has 0 aromatic rings. The first kappa shape index (κ1) is 10.5. The molecule has 2 amide bonds. The summed E-state index contributed by atoms with van der Waals surface area (Å²) in [6, 6.07) is 0. The number of hydrogen-bond acceptors (Lipinski definition) is 2. The molecule has 4 heteroatoms. The minimum Gasteiger partial charge on any atom is -0.353 e. The fraction of sp³-hybridized carbons (Fsp3) is 0.818. The Morgan fingerprint density at radius 2 is 2.27 bits per heavy atom. The fourth-order valence-corrected chi connectivity index (χ4v) is 2.57. The van der Waals surface area contributed by atoms with Crippen LogP contribution in [0.15, 0.2) is 0 Å². The second-order valence-electron chi connectivity index (χ2n) is 4.62. The first-order chi connectivity index (χ1) is 7.18. The monoisotopic (exact) mass is 210 g/mol. The molecule has 1 aliphatic carbocycles. The maximum Gasteiger partial charge on any atom is 0.239 e. The molecule has 2 fully saturated rings. The van der Waals surface area contributed by atoms with Crippen molar-refractivity contribution in [2.45, 2.75) is 26.2 Å². The Hall–Kier alpha value is -1.06. The van der Waals surface area contributed by atoms with E-state index in [2.05, 4.69) is 12.2 Å². The highest BCUT2D eigenvalue weighted by Gasteiger charge is 2.34. The molecule has 1 N–H and O–H groups in total. The lowest BCUT2D eigenvalue weighted by Gasteiger charge is -2.30. The van der Waals surface area contributed by atoms with Crippen molar-refractivity contribution in [1.82, 2.24) is 10.2 Å². The standard InChI is InChI=1S/C11H18N2O2/c1-8-3-2-4-9(8)11(15)13-6-5-12-10(14)7-13/h8-9H,2-7H2,1H3,(H,12,14). The van der Waals surface area contributed by atoms with Gasteiger partial charge in [0.25, 0.3) is 0 Å². The predicted molar refractivity (Wildman–Crippen MR) is 56.1 cm³/mol. The molecule has 1 heterocycles. The molecule has 0 spiro atoms. The van der Waals surface area contributed by atoms with Gasteiger partial charge in [0.15, 0.2) is 0 Å². The summed E-state index contributed by atoms with van der Waals surface area (Å²) in [5.41, 5.74) is 0. The van der Waals surface area contributed by atoms with Crippen molar-refractivity contribution < 1.29 is 9.59 Å². The number of amides is 2. The zero-order valence-electron chi connectivity index (χ0n) is 9.16. The van der Waals surface area contributed by atoms with Crippen LogP contribution in [-0.2, 0) is 9.59 Å². The highest BCUT2D eigenvalue weighted by atomic mass is 16.2. The Balaban J connectivity index is 1.97. The Bertz CT molecular complexity index is 278. The number of piperazine rings is 1. The highest BCUT2D eigenvalue weighted by molar-refractivity contribution is 5.87. The third-order valence-electron chi connectivity index (χ3n) is 3.53. The predicted octanol–water partition coefficient (Wildman–Crippen LogP) is 0.381. The van der Waals surface area contributed by atoms with Crippen LogP contribution in [0.3, 0.4) is 0 Å². The number of nitrogens with one attached hydrogen (secondary N) is 1. The minimum atomic E-state index is -0.0275. The summed E-state index contributed by atoms with van der Waals surface area (Å²) in [5, 5.41) is 2.74. The molecule has 1 saturated carbocycles. The topological polar surface area (TPSA) is 49.4 Å². The Morgan fingerprint density at radius 3 is 2.87 bits per heavy atom. The first-order valence-corrected chi connectivity index (χ1v) is 5.74. The van der Waals surface area contributed by atoms with Crippen molar-refractivity contribution in [2.24, 2.45) is 11.8 Å². The van der Waals surface area contributed by atoms with Gasteiger partial charge in [-0.05, 0) is 18.8 Å². The van der Waals surface area contributed by atoms with Crippen molar-refractivity contribution >= 4 is 11.8 Å². The highest BCUT2D eigenvalue weighted by Crippen LogP contribution is 2.32. The van der Waals surface area contributed by atoms with Crippen LogP contribution in [0.1, 0.15) is 26.2 Å². The molecular weight excluding hydrogens is 192 g/mol. The van der Waals surface area contributed by atoms with E-state index in [1.807, 2.05) is 0 Å². The summed E-state index contributed by atoms with van der Waals surface area (Å²) in [5.74, 6) is 0.813. The Morgan fingerprint density at radius 1 is 1.47 bits per heavy atom. The average Bonchev–Trinajstić information content (AvgIpc) is 2.63. The quantitative estimate of drug-likeness (QED) is 0.680. The van der Waals surface area contributed by atoms with E-state index in [4.69, 9.17) is 0 Å². The van der Waals surface area contributed by atoms with Crippen LogP contribution in [0.2, 0.25) is 0 Å². The van der Waals surface area contributed by atoms with Gasteiger partial charge in [0.1, 0.15) is 0 Å². The summed E-state index contributed by atoms with van der Waals surface area (Å²) in [6.45, 7) is 3.67. The van der Waals surface area contributed by atoms with E-state index in [0.717, 1.165) is 19.3 Å². The Kier molecular flexibility index (Phi) is 2.93. The molecule has 1 saturated heterocycles. The Labute approximate surface area is 90.0 Å². The molecular formula is C11H18N2O2. The van der Waals surface area contributed by atoms with Crippen molar-refractivity contribution in [1.29, 1.82) is 0 Å². The van der Waals surface area contributed by atoms with Crippen molar-refractivity contribution in [3.8, 4) is 0 Å². The molecule has 4 nitrogen and oxygen atoms in total. The zero-order chi connectivity index (χ0) is 10.8. The van der Waals surface area contributed by atoms with E-state index in [1.165, 1.54) is 0 Å².